The van der Waals surface area contributed by atoms with E-state index in [1.807, 2.05) is 60.7 Å². The van der Waals surface area contributed by atoms with E-state index in [0.29, 0.717) is 19.5 Å². The monoisotopic (exact) mass is 379 g/mol. The molecule has 27 heavy (non-hydrogen) atoms. The minimum absolute atomic E-state index is 0.245. The van der Waals surface area contributed by atoms with Crippen LogP contribution in [0.5, 0.6) is 5.75 Å². The van der Waals surface area contributed by atoms with E-state index >= 15 is 0 Å². The lowest BCUT2D eigenvalue weighted by molar-refractivity contribution is 0.143. The van der Waals surface area contributed by atoms with Crippen LogP contribution in [0.15, 0.2) is 88.7 Å². The van der Waals surface area contributed by atoms with Gasteiger partial charge >= 0.3 is 6.09 Å². The van der Waals surface area contributed by atoms with Crippen molar-refractivity contribution in [2.45, 2.75) is 22.8 Å². The molecule has 3 rings (SSSR count). The van der Waals surface area contributed by atoms with Crippen molar-refractivity contribution < 1.29 is 15.0 Å². The summed E-state index contributed by atoms with van der Waals surface area (Å²) in [5.74, 6) is 0.245. The van der Waals surface area contributed by atoms with E-state index < -0.39 is 6.09 Å². The summed E-state index contributed by atoms with van der Waals surface area (Å²) in [6.07, 6.45) is -0.266. The summed E-state index contributed by atoms with van der Waals surface area (Å²) < 4.78 is 0. The maximum Gasteiger partial charge on any atom is 0.407 e. The number of hydrogen-bond donors (Lipinski definition) is 2. The molecule has 0 aromatic heterocycles. The van der Waals surface area contributed by atoms with Crippen LogP contribution >= 0.6 is 11.8 Å². The van der Waals surface area contributed by atoms with Gasteiger partial charge in [0.05, 0.1) is 0 Å². The second-order valence-corrected chi connectivity index (χ2v) is 7.33. The van der Waals surface area contributed by atoms with Gasteiger partial charge in [-0.05, 0) is 47.9 Å². The fraction of sp³-hybridized carbons (Fsp3) is 0.136. The minimum Gasteiger partial charge on any atom is -0.508 e. The van der Waals surface area contributed by atoms with E-state index in [1.54, 1.807) is 23.9 Å². The summed E-state index contributed by atoms with van der Waals surface area (Å²) in [6, 6.07) is 24.8. The van der Waals surface area contributed by atoms with Crippen LogP contribution in [0.1, 0.15) is 11.1 Å². The number of aromatic hydroxyl groups is 1. The summed E-state index contributed by atoms with van der Waals surface area (Å²) in [7, 11) is 0. The van der Waals surface area contributed by atoms with Crippen molar-refractivity contribution >= 4 is 17.9 Å². The number of amides is 1. The Morgan fingerprint density at radius 1 is 0.852 bits per heavy atom. The molecule has 0 aliphatic heterocycles. The summed E-state index contributed by atoms with van der Waals surface area (Å²) in [4.78, 5) is 15.0. The maximum atomic E-state index is 11.6. The van der Waals surface area contributed by atoms with E-state index in [4.69, 9.17) is 0 Å². The molecule has 0 bridgehead atoms. The van der Waals surface area contributed by atoms with E-state index in [9.17, 15) is 15.0 Å². The molecule has 1 amide bonds. The topological polar surface area (TPSA) is 60.8 Å². The second kappa shape index (κ2) is 9.14. The molecule has 0 radical (unpaired) electrons. The molecule has 0 spiro atoms. The van der Waals surface area contributed by atoms with Gasteiger partial charge in [-0.25, -0.2) is 4.79 Å². The van der Waals surface area contributed by atoms with Crippen LogP contribution in [0.3, 0.4) is 0 Å². The Hall–Kier alpha value is -2.92. The molecule has 0 aliphatic carbocycles. The Labute approximate surface area is 163 Å². The predicted molar refractivity (Wildman–Crippen MR) is 107 cm³/mol. The largest absolute Gasteiger partial charge is 0.508 e. The highest BCUT2D eigenvalue weighted by atomic mass is 32.2. The van der Waals surface area contributed by atoms with Crippen molar-refractivity contribution in [2.75, 3.05) is 6.54 Å². The summed E-state index contributed by atoms with van der Waals surface area (Å²) in [5.41, 5.74) is 2.06. The molecule has 3 aromatic carbocycles. The van der Waals surface area contributed by atoms with Gasteiger partial charge in [-0.2, -0.15) is 0 Å². The first-order valence-corrected chi connectivity index (χ1v) is 9.49. The van der Waals surface area contributed by atoms with Crippen LogP contribution in [0.2, 0.25) is 0 Å². The predicted octanol–water partition coefficient (Wildman–Crippen LogP) is 5.27. The van der Waals surface area contributed by atoms with Gasteiger partial charge in [0.25, 0.3) is 0 Å². The Kier molecular flexibility index (Phi) is 6.39. The first-order valence-electron chi connectivity index (χ1n) is 8.68. The molecule has 0 heterocycles. The van der Waals surface area contributed by atoms with Crippen molar-refractivity contribution in [3.05, 3.63) is 90.0 Å². The Morgan fingerprint density at radius 2 is 1.52 bits per heavy atom. The number of benzene rings is 3. The van der Waals surface area contributed by atoms with Gasteiger partial charge in [0.1, 0.15) is 5.75 Å². The van der Waals surface area contributed by atoms with Gasteiger partial charge in [-0.15, -0.1) is 0 Å². The molecule has 0 fully saturated rings. The van der Waals surface area contributed by atoms with Gasteiger partial charge in [0.2, 0.25) is 0 Å². The normalized spacial score (nSPS) is 10.5. The lowest BCUT2D eigenvalue weighted by atomic mass is 10.1. The van der Waals surface area contributed by atoms with Crippen molar-refractivity contribution in [1.82, 2.24) is 4.90 Å². The van der Waals surface area contributed by atoms with Crippen LogP contribution < -0.4 is 0 Å². The number of nitrogens with zero attached hydrogens (tertiary/aromatic N) is 1. The molecule has 0 saturated heterocycles. The van der Waals surface area contributed by atoms with E-state index in [1.165, 1.54) is 4.90 Å². The maximum absolute atomic E-state index is 11.6. The fourth-order valence-electron chi connectivity index (χ4n) is 2.76. The molecule has 0 unspecified atom stereocenters. The SMILES string of the molecule is O=C(O)N(CCc1cccc(Sc2cccc(O)c2)c1)Cc1ccccc1. The Morgan fingerprint density at radius 3 is 2.22 bits per heavy atom. The summed E-state index contributed by atoms with van der Waals surface area (Å²) >= 11 is 1.57. The zero-order chi connectivity index (χ0) is 19.1. The lowest BCUT2D eigenvalue weighted by Crippen LogP contribution is -2.30. The number of phenols is 1. The van der Waals surface area contributed by atoms with Gasteiger partial charge in [0.15, 0.2) is 0 Å². The van der Waals surface area contributed by atoms with Crippen LogP contribution in [-0.4, -0.2) is 27.8 Å². The number of rotatable bonds is 7. The molecule has 0 aliphatic rings. The van der Waals surface area contributed by atoms with Gasteiger partial charge in [-0.3, -0.25) is 0 Å². The van der Waals surface area contributed by atoms with E-state index in [2.05, 4.69) is 6.07 Å². The number of carbonyl (C=O) groups is 1. The molecule has 2 N–H and O–H groups in total. The van der Waals surface area contributed by atoms with Crippen LogP contribution in [0, 0.1) is 0 Å². The third-order valence-electron chi connectivity index (χ3n) is 4.11. The van der Waals surface area contributed by atoms with Gasteiger partial charge < -0.3 is 15.1 Å². The zero-order valence-corrected chi connectivity index (χ0v) is 15.6. The highest BCUT2D eigenvalue weighted by Crippen LogP contribution is 2.30. The molecule has 4 nitrogen and oxygen atoms in total. The van der Waals surface area contributed by atoms with Crippen LogP contribution in [0.4, 0.5) is 4.79 Å². The quantitative estimate of drug-likeness (QED) is 0.587. The Balaban J connectivity index is 1.63. The highest BCUT2D eigenvalue weighted by Gasteiger charge is 2.12. The fourth-order valence-corrected chi connectivity index (χ4v) is 3.71. The molecule has 0 saturated carbocycles. The van der Waals surface area contributed by atoms with E-state index in [0.717, 1.165) is 20.9 Å². The summed E-state index contributed by atoms with van der Waals surface area (Å²) in [6.45, 7) is 0.818. The smallest absolute Gasteiger partial charge is 0.407 e. The third kappa shape index (κ3) is 5.79. The second-order valence-electron chi connectivity index (χ2n) is 6.19. The van der Waals surface area contributed by atoms with Crippen molar-refractivity contribution in [3.8, 4) is 5.75 Å². The first-order chi connectivity index (χ1) is 13.1. The first kappa shape index (κ1) is 18.9. The third-order valence-corrected chi connectivity index (χ3v) is 5.09. The molecule has 138 valence electrons. The Bertz CT molecular complexity index is 899. The van der Waals surface area contributed by atoms with Crippen LogP contribution in [-0.2, 0) is 13.0 Å². The molecule has 0 atom stereocenters. The average Bonchev–Trinajstić information content (AvgIpc) is 2.66. The van der Waals surface area contributed by atoms with Crippen molar-refractivity contribution in [1.29, 1.82) is 0 Å². The number of carboxylic acid groups (broad SMARTS) is 1. The lowest BCUT2D eigenvalue weighted by Gasteiger charge is -2.19. The molecule has 3 aromatic rings. The molecule has 5 heteroatoms. The van der Waals surface area contributed by atoms with Gasteiger partial charge in [0, 0.05) is 22.9 Å². The number of hydrogen-bond acceptors (Lipinski definition) is 3. The standard InChI is InChI=1S/C22H21NO3S/c24-19-9-5-11-21(15-19)27-20-10-4-8-17(14-20)12-13-23(22(25)26)16-18-6-2-1-3-7-18/h1-11,14-15,24H,12-13,16H2,(H,25,26). The highest BCUT2D eigenvalue weighted by molar-refractivity contribution is 7.99. The average molecular weight is 379 g/mol. The zero-order valence-electron chi connectivity index (χ0n) is 14.8. The van der Waals surface area contributed by atoms with Crippen molar-refractivity contribution in [2.24, 2.45) is 0 Å². The molecular formula is C22H21NO3S. The van der Waals surface area contributed by atoms with E-state index in [-0.39, 0.29) is 5.75 Å². The van der Waals surface area contributed by atoms with Crippen molar-refractivity contribution in [3.63, 3.8) is 0 Å². The molecular weight excluding hydrogens is 358 g/mol. The van der Waals surface area contributed by atoms with Gasteiger partial charge in [-0.1, -0.05) is 60.3 Å². The minimum atomic E-state index is -0.913. The number of phenolic OH excluding ortho intramolecular Hbond substituents is 1. The summed E-state index contributed by atoms with van der Waals surface area (Å²) in [5, 5.41) is 19.1. The van der Waals surface area contributed by atoms with Crippen LogP contribution in [0.25, 0.3) is 0 Å².